The molecule has 1 aromatic heterocycles. The highest BCUT2D eigenvalue weighted by molar-refractivity contribution is 6.15. The predicted molar refractivity (Wildman–Crippen MR) is 91.7 cm³/mol. The Hall–Kier alpha value is -2.37. The van der Waals surface area contributed by atoms with Gasteiger partial charge in [0.1, 0.15) is 11.4 Å². The molecule has 1 aromatic rings. The van der Waals surface area contributed by atoms with Gasteiger partial charge in [0.25, 0.3) is 0 Å². The van der Waals surface area contributed by atoms with Gasteiger partial charge in [-0.1, -0.05) is 18.9 Å². The van der Waals surface area contributed by atoms with Gasteiger partial charge in [-0.15, -0.1) is 0 Å². The Balaban J connectivity index is 2.09. The highest BCUT2D eigenvalue weighted by atomic mass is 16.6. The van der Waals surface area contributed by atoms with Crippen LogP contribution < -0.4 is 5.32 Å². The van der Waals surface area contributed by atoms with Crippen LogP contribution in [0.25, 0.3) is 5.57 Å². The van der Waals surface area contributed by atoms with Gasteiger partial charge >= 0.3 is 12.1 Å². The summed E-state index contributed by atoms with van der Waals surface area (Å²) in [5.74, 6) is -0.328. The molecule has 2 rings (SSSR count). The normalized spacial score (nSPS) is 16.0. The Labute approximate surface area is 141 Å². The number of carbonyl (C=O) groups is 2. The van der Waals surface area contributed by atoms with Crippen LogP contribution in [0, 0.1) is 5.92 Å². The van der Waals surface area contributed by atoms with Gasteiger partial charge in [0.05, 0.1) is 5.57 Å². The number of nitrogens with zero attached hydrogens (tertiary/aromatic N) is 1. The van der Waals surface area contributed by atoms with E-state index < -0.39 is 17.7 Å². The molecule has 0 atom stereocenters. The average Bonchev–Trinajstić information content (AvgIpc) is 2.96. The van der Waals surface area contributed by atoms with E-state index in [2.05, 4.69) is 10.3 Å². The third kappa shape index (κ3) is 5.37. The second-order valence-electron chi connectivity index (χ2n) is 6.99. The summed E-state index contributed by atoms with van der Waals surface area (Å²) in [6.45, 7) is 5.32. The van der Waals surface area contributed by atoms with E-state index in [4.69, 9.17) is 4.74 Å². The number of carboxylic acid groups (broad SMARTS) is 1. The first-order chi connectivity index (χ1) is 11.2. The number of hydrogen-bond acceptors (Lipinski definition) is 4. The maximum Gasteiger partial charge on any atom is 0.413 e. The first-order valence-electron chi connectivity index (χ1n) is 8.16. The zero-order valence-corrected chi connectivity index (χ0v) is 14.3. The van der Waals surface area contributed by atoms with E-state index >= 15 is 0 Å². The van der Waals surface area contributed by atoms with Crippen molar-refractivity contribution in [1.82, 2.24) is 4.98 Å². The quantitative estimate of drug-likeness (QED) is 0.811. The van der Waals surface area contributed by atoms with E-state index in [1.807, 2.05) is 6.08 Å². The van der Waals surface area contributed by atoms with Crippen LogP contribution in [-0.2, 0) is 9.53 Å². The smallest absolute Gasteiger partial charge is 0.413 e. The van der Waals surface area contributed by atoms with Crippen molar-refractivity contribution in [3.8, 4) is 0 Å². The molecule has 1 heterocycles. The van der Waals surface area contributed by atoms with E-state index in [-0.39, 0.29) is 5.57 Å². The number of carbonyl (C=O) groups excluding carboxylic acids is 1. The molecular formula is C18H24N2O4. The summed E-state index contributed by atoms with van der Waals surface area (Å²) in [5.41, 5.74) is 0.201. The Morgan fingerprint density at radius 2 is 1.96 bits per heavy atom. The third-order valence-electron chi connectivity index (χ3n) is 3.74. The fourth-order valence-corrected chi connectivity index (χ4v) is 2.69. The fourth-order valence-electron chi connectivity index (χ4n) is 2.69. The molecule has 1 fully saturated rings. The second-order valence-corrected chi connectivity index (χ2v) is 6.99. The number of allylic oxidation sites excluding steroid dienone is 1. The number of anilines is 1. The molecule has 0 unspecified atom stereocenters. The molecule has 2 N–H and O–H groups in total. The molecule has 0 saturated heterocycles. The summed E-state index contributed by atoms with van der Waals surface area (Å²) in [6.07, 6.45) is 7.04. The van der Waals surface area contributed by atoms with Gasteiger partial charge in [-0.3, -0.25) is 5.32 Å². The second kappa shape index (κ2) is 7.47. The molecule has 0 radical (unpaired) electrons. The molecule has 0 aliphatic heterocycles. The van der Waals surface area contributed by atoms with E-state index in [0.717, 1.165) is 25.7 Å². The minimum absolute atomic E-state index is 0.262. The molecule has 1 saturated carbocycles. The van der Waals surface area contributed by atoms with Crippen LogP contribution in [0.5, 0.6) is 0 Å². The highest BCUT2D eigenvalue weighted by Gasteiger charge is 2.19. The number of aliphatic carboxylic acids is 1. The van der Waals surface area contributed by atoms with Gasteiger partial charge < -0.3 is 9.84 Å². The first-order valence-corrected chi connectivity index (χ1v) is 8.16. The van der Waals surface area contributed by atoms with Crippen molar-refractivity contribution in [3.63, 3.8) is 0 Å². The SMILES string of the molecule is CC(C)(C)OC(=O)Nc1ccc(C(=CC2CCCC2)C(=O)O)cn1. The van der Waals surface area contributed by atoms with Gasteiger partial charge in [-0.2, -0.15) is 0 Å². The van der Waals surface area contributed by atoms with Crippen molar-refractivity contribution in [2.45, 2.75) is 52.1 Å². The summed E-state index contributed by atoms with van der Waals surface area (Å²) in [5, 5.41) is 12.0. The Bertz CT molecular complexity index is 623. The van der Waals surface area contributed by atoms with Gasteiger partial charge in [0, 0.05) is 11.8 Å². The summed E-state index contributed by atoms with van der Waals surface area (Å²) < 4.78 is 5.15. The lowest BCUT2D eigenvalue weighted by atomic mass is 10.00. The standard InChI is InChI=1S/C18H24N2O4/c1-18(2,3)24-17(23)20-15-9-8-13(11-19-15)14(16(21)22)10-12-6-4-5-7-12/h8-12H,4-7H2,1-3H3,(H,21,22)(H,19,20,23). The molecule has 1 amide bonds. The number of nitrogens with one attached hydrogen (secondary N) is 1. The maximum absolute atomic E-state index is 11.7. The number of rotatable bonds is 4. The minimum Gasteiger partial charge on any atom is -0.478 e. The van der Waals surface area contributed by atoms with E-state index in [1.54, 1.807) is 32.9 Å². The molecule has 0 aromatic carbocycles. The van der Waals surface area contributed by atoms with Crippen molar-refractivity contribution in [2.75, 3.05) is 5.32 Å². The van der Waals surface area contributed by atoms with Gasteiger partial charge in [0.2, 0.25) is 0 Å². The number of hydrogen-bond donors (Lipinski definition) is 2. The Morgan fingerprint density at radius 1 is 1.29 bits per heavy atom. The maximum atomic E-state index is 11.7. The average molecular weight is 332 g/mol. The summed E-state index contributed by atoms with van der Waals surface area (Å²) in [4.78, 5) is 27.3. The number of aromatic nitrogens is 1. The lowest BCUT2D eigenvalue weighted by molar-refractivity contribution is -0.130. The molecule has 1 aliphatic carbocycles. The molecule has 1 aliphatic rings. The first kappa shape index (κ1) is 18.0. The molecule has 6 nitrogen and oxygen atoms in total. The fraction of sp³-hybridized carbons (Fsp3) is 0.500. The number of pyridine rings is 1. The lowest BCUT2D eigenvalue weighted by Gasteiger charge is -2.19. The summed E-state index contributed by atoms with van der Waals surface area (Å²) in [6, 6.07) is 3.22. The molecule has 6 heteroatoms. The van der Waals surface area contributed by atoms with Crippen LogP contribution in [0.1, 0.15) is 52.0 Å². The van der Waals surface area contributed by atoms with Crippen molar-refractivity contribution >= 4 is 23.5 Å². The van der Waals surface area contributed by atoms with Crippen molar-refractivity contribution in [2.24, 2.45) is 5.92 Å². The molecule has 130 valence electrons. The number of amides is 1. The van der Waals surface area contributed by atoms with Gasteiger partial charge in [0.15, 0.2) is 0 Å². The third-order valence-corrected chi connectivity index (χ3v) is 3.74. The van der Waals surface area contributed by atoms with Crippen molar-refractivity contribution in [1.29, 1.82) is 0 Å². The topological polar surface area (TPSA) is 88.5 Å². The Morgan fingerprint density at radius 3 is 2.46 bits per heavy atom. The molecular weight excluding hydrogens is 308 g/mol. The number of carboxylic acids is 1. The Kier molecular flexibility index (Phi) is 5.59. The summed E-state index contributed by atoms with van der Waals surface area (Å²) >= 11 is 0. The van der Waals surface area contributed by atoms with E-state index in [9.17, 15) is 14.7 Å². The summed E-state index contributed by atoms with van der Waals surface area (Å²) in [7, 11) is 0. The lowest BCUT2D eigenvalue weighted by Crippen LogP contribution is -2.27. The molecule has 0 bridgehead atoms. The van der Waals surface area contributed by atoms with Crippen molar-refractivity contribution < 1.29 is 19.4 Å². The van der Waals surface area contributed by atoms with Gasteiger partial charge in [-0.05, 0) is 51.7 Å². The van der Waals surface area contributed by atoms with Crippen LogP contribution in [0.3, 0.4) is 0 Å². The zero-order chi connectivity index (χ0) is 17.7. The van der Waals surface area contributed by atoms with Crippen molar-refractivity contribution in [3.05, 3.63) is 30.0 Å². The monoisotopic (exact) mass is 332 g/mol. The van der Waals surface area contributed by atoms with Crippen LogP contribution in [0.15, 0.2) is 24.4 Å². The van der Waals surface area contributed by atoms with Crippen LogP contribution in [0.4, 0.5) is 10.6 Å². The van der Waals surface area contributed by atoms with E-state index in [1.165, 1.54) is 6.20 Å². The molecule has 0 spiro atoms. The zero-order valence-electron chi connectivity index (χ0n) is 14.3. The largest absolute Gasteiger partial charge is 0.478 e. The van der Waals surface area contributed by atoms with Crippen LogP contribution in [-0.4, -0.2) is 27.8 Å². The van der Waals surface area contributed by atoms with Crippen LogP contribution >= 0.6 is 0 Å². The highest BCUT2D eigenvalue weighted by Crippen LogP contribution is 2.29. The molecule has 24 heavy (non-hydrogen) atoms. The van der Waals surface area contributed by atoms with Crippen LogP contribution in [0.2, 0.25) is 0 Å². The van der Waals surface area contributed by atoms with E-state index in [0.29, 0.717) is 17.3 Å². The minimum atomic E-state index is -0.962. The predicted octanol–water partition coefficient (Wildman–Crippen LogP) is 4.09. The van der Waals surface area contributed by atoms with Gasteiger partial charge in [-0.25, -0.2) is 14.6 Å². The number of ether oxygens (including phenoxy) is 1.